The van der Waals surface area contributed by atoms with Crippen molar-refractivity contribution in [1.29, 1.82) is 0 Å². The Bertz CT molecular complexity index is 343. The van der Waals surface area contributed by atoms with Crippen molar-refractivity contribution in [1.82, 2.24) is 0 Å². The van der Waals surface area contributed by atoms with Crippen LogP contribution in [0.25, 0.3) is 0 Å². The third kappa shape index (κ3) is 6.80. The van der Waals surface area contributed by atoms with Gasteiger partial charge in [-0.15, -0.1) is 24.0 Å². The fraction of sp³-hybridized carbons (Fsp3) is 0.889. The van der Waals surface area contributed by atoms with Crippen LogP contribution < -0.4 is 5.73 Å². The van der Waals surface area contributed by atoms with Crippen LogP contribution in [0, 0.1) is 35.0 Å². The van der Waals surface area contributed by atoms with E-state index >= 15 is 0 Å². The summed E-state index contributed by atoms with van der Waals surface area (Å²) < 4.78 is 0. The highest BCUT2D eigenvalue weighted by Crippen LogP contribution is 2.46. The van der Waals surface area contributed by atoms with Crippen molar-refractivity contribution in [2.75, 3.05) is 0 Å². The van der Waals surface area contributed by atoms with Crippen LogP contribution in [0.3, 0.4) is 0 Å². The molecular formula is C18H34IN. The van der Waals surface area contributed by atoms with Crippen LogP contribution in [0.5, 0.6) is 0 Å². The molecule has 1 aliphatic rings. The maximum Gasteiger partial charge on any atom is 0.0719 e. The molecule has 0 spiro atoms. The van der Waals surface area contributed by atoms with Gasteiger partial charge in [-0.1, -0.05) is 52.4 Å². The molecule has 0 aliphatic heterocycles. The smallest absolute Gasteiger partial charge is 0.0719 e. The predicted octanol–water partition coefficient (Wildman–Crippen LogP) is 5.22. The molecule has 1 aliphatic carbocycles. The Hall–Kier alpha value is 0.250. The van der Waals surface area contributed by atoms with Gasteiger partial charge in [-0.25, -0.2) is 0 Å². The molecule has 118 valence electrons. The zero-order valence-corrected chi connectivity index (χ0v) is 16.6. The Morgan fingerprint density at radius 2 is 1.95 bits per heavy atom. The van der Waals surface area contributed by atoms with E-state index in [1.807, 2.05) is 13.8 Å². The van der Waals surface area contributed by atoms with Gasteiger partial charge in [0.15, 0.2) is 0 Å². The molecule has 2 heteroatoms. The number of halogens is 1. The van der Waals surface area contributed by atoms with Gasteiger partial charge in [0.05, 0.1) is 5.54 Å². The quantitative estimate of drug-likeness (QED) is 0.518. The van der Waals surface area contributed by atoms with Crippen molar-refractivity contribution < 1.29 is 0 Å². The Morgan fingerprint density at radius 1 is 1.35 bits per heavy atom. The van der Waals surface area contributed by atoms with E-state index in [-0.39, 0.29) is 29.5 Å². The molecular weight excluding hydrogens is 357 g/mol. The molecule has 0 bridgehead atoms. The second-order valence-electron chi connectivity index (χ2n) is 7.93. The first kappa shape index (κ1) is 20.2. The topological polar surface area (TPSA) is 26.0 Å². The highest BCUT2D eigenvalue weighted by Gasteiger charge is 2.36. The lowest BCUT2D eigenvalue weighted by molar-refractivity contribution is 0.0728. The molecule has 0 heterocycles. The van der Waals surface area contributed by atoms with E-state index in [1.165, 1.54) is 32.1 Å². The highest BCUT2D eigenvalue weighted by atomic mass is 127. The zero-order chi connectivity index (χ0) is 14.7. The summed E-state index contributed by atoms with van der Waals surface area (Å²) in [5.74, 6) is 8.69. The molecule has 1 rings (SSSR count). The van der Waals surface area contributed by atoms with Crippen molar-refractivity contribution in [2.24, 2.45) is 28.9 Å². The van der Waals surface area contributed by atoms with Gasteiger partial charge in [0.1, 0.15) is 0 Å². The van der Waals surface area contributed by atoms with Gasteiger partial charge >= 0.3 is 0 Å². The van der Waals surface area contributed by atoms with E-state index in [4.69, 9.17) is 5.73 Å². The summed E-state index contributed by atoms with van der Waals surface area (Å²) in [7, 11) is 0. The summed E-state index contributed by atoms with van der Waals surface area (Å²) >= 11 is 0. The van der Waals surface area contributed by atoms with Crippen molar-refractivity contribution >= 4 is 24.0 Å². The van der Waals surface area contributed by atoms with Gasteiger partial charge < -0.3 is 5.73 Å². The van der Waals surface area contributed by atoms with Gasteiger partial charge in [-0.2, -0.15) is 0 Å². The van der Waals surface area contributed by atoms with E-state index in [9.17, 15) is 0 Å². The molecule has 0 amide bonds. The third-order valence-corrected chi connectivity index (χ3v) is 4.72. The lowest BCUT2D eigenvalue weighted by Crippen LogP contribution is -2.33. The second kappa shape index (κ2) is 8.03. The van der Waals surface area contributed by atoms with Crippen molar-refractivity contribution in [2.45, 2.75) is 79.2 Å². The number of hydrogen-bond donors (Lipinski definition) is 1. The lowest BCUT2D eigenvalue weighted by atomic mass is 9.62. The Labute approximate surface area is 143 Å². The monoisotopic (exact) mass is 391 g/mol. The minimum Gasteiger partial charge on any atom is -0.316 e. The largest absolute Gasteiger partial charge is 0.316 e. The normalized spacial score (nSPS) is 26.9. The van der Waals surface area contributed by atoms with Gasteiger partial charge in [0, 0.05) is 5.92 Å². The summed E-state index contributed by atoms with van der Waals surface area (Å²) in [5.41, 5.74) is 6.07. The van der Waals surface area contributed by atoms with Crippen molar-refractivity contribution in [3.63, 3.8) is 0 Å². The summed E-state index contributed by atoms with van der Waals surface area (Å²) in [4.78, 5) is 0. The molecule has 3 unspecified atom stereocenters. The third-order valence-electron chi connectivity index (χ3n) is 4.72. The van der Waals surface area contributed by atoms with Crippen LogP contribution in [-0.4, -0.2) is 5.54 Å². The van der Waals surface area contributed by atoms with E-state index in [1.54, 1.807) is 0 Å². The van der Waals surface area contributed by atoms with E-state index in [0.717, 1.165) is 11.8 Å². The maximum absolute atomic E-state index is 5.91. The average molecular weight is 391 g/mol. The number of rotatable bonds is 3. The number of nitrogens with two attached hydrogens (primary N) is 1. The molecule has 0 saturated heterocycles. The second-order valence-corrected chi connectivity index (χ2v) is 7.93. The van der Waals surface area contributed by atoms with Gasteiger partial charge in [0.25, 0.3) is 0 Å². The first-order valence-corrected chi connectivity index (χ1v) is 7.93. The van der Waals surface area contributed by atoms with Crippen LogP contribution in [0.2, 0.25) is 0 Å². The summed E-state index contributed by atoms with van der Waals surface area (Å²) in [6, 6.07) is 0. The molecule has 1 fully saturated rings. The SMILES string of the molecule is CC(C#CC(C)(C)N)CCC1C(C)CCCC1(C)C.I. The Balaban J connectivity index is 0.00000361. The van der Waals surface area contributed by atoms with Crippen LogP contribution >= 0.6 is 24.0 Å². The summed E-state index contributed by atoms with van der Waals surface area (Å²) in [6.45, 7) is 13.5. The molecule has 1 saturated carbocycles. The minimum atomic E-state index is -0.355. The summed E-state index contributed by atoms with van der Waals surface area (Å²) in [5, 5.41) is 0. The molecule has 0 aromatic carbocycles. The Kier molecular flexibility index (Phi) is 8.13. The lowest BCUT2D eigenvalue weighted by Gasteiger charge is -2.43. The first-order chi connectivity index (χ1) is 8.62. The van der Waals surface area contributed by atoms with E-state index in [0.29, 0.717) is 11.3 Å². The van der Waals surface area contributed by atoms with E-state index in [2.05, 4.69) is 39.5 Å². The van der Waals surface area contributed by atoms with Gasteiger partial charge in [0.2, 0.25) is 0 Å². The van der Waals surface area contributed by atoms with Crippen molar-refractivity contribution in [3.8, 4) is 11.8 Å². The number of hydrogen-bond acceptors (Lipinski definition) is 1. The van der Waals surface area contributed by atoms with Crippen LogP contribution in [0.1, 0.15) is 73.6 Å². The average Bonchev–Trinajstić information content (AvgIpc) is 2.23. The molecule has 2 N–H and O–H groups in total. The van der Waals surface area contributed by atoms with Crippen molar-refractivity contribution in [3.05, 3.63) is 0 Å². The van der Waals surface area contributed by atoms with Crippen LogP contribution in [0.4, 0.5) is 0 Å². The molecule has 3 atom stereocenters. The predicted molar refractivity (Wildman–Crippen MR) is 100 cm³/mol. The highest BCUT2D eigenvalue weighted by molar-refractivity contribution is 14.0. The maximum atomic E-state index is 5.91. The molecule has 20 heavy (non-hydrogen) atoms. The van der Waals surface area contributed by atoms with Crippen LogP contribution in [0.15, 0.2) is 0 Å². The summed E-state index contributed by atoms with van der Waals surface area (Å²) in [6.07, 6.45) is 6.72. The van der Waals surface area contributed by atoms with E-state index < -0.39 is 0 Å². The molecule has 0 aromatic heterocycles. The standard InChI is InChI=1S/C18H33N.HI/c1-14(11-13-18(5,6)19)9-10-16-15(2)8-7-12-17(16,3)4;/h14-16H,7-10,12,19H2,1-6H3;1H. The minimum absolute atomic E-state index is 0. The first-order valence-electron chi connectivity index (χ1n) is 7.93. The van der Waals surface area contributed by atoms with Gasteiger partial charge in [-0.3, -0.25) is 0 Å². The molecule has 1 nitrogen and oxygen atoms in total. The fourth-order valence-corrected chi connectivity index (χ4v) is 3.52. The fourth-order valence-electron chi connectivity index (χ4n) is 3.52. The molecule has 0 radical (unpaired) electrons. The van der Waals surface area contributed by atoms with Crippen LogP contribution in [-0.2, 0) is 0 Å². The van der Waals surface area contributed by atoms with Gasteiger partial charge in [-0.05, 0) is 50.4 Å². The molecule has 0 aromatic rings. The Morgan fingerprint density at radius 3 is 2.45 bits per heavy atom. The zero-order valence-electron chi connectivity index (χ0n) is 14.3.